The van der Waals surface area contributed by atoms with Crippen LogP contribution in [0.15, 0.2) is 11.6 Å². The Morgan fingerprint density at radius 2 is 2.00 bits per heavy atom. The Kier molecular flexibility index (Phi) is 4.98. The zero-order chi connectivity index (χ0) is 19.4. The average Bonchev–Trinajstić information content (AvgIpc) is 2.97. The lowest BCUT2D eigenvalue weighted by Crippen LogP contribution is -2.50. The summed E-state index contributed by atoms with van der Waals surface area (Å²) in [7, 11) is 0. The summed E-state index contributed by atoms with van der Waals surface area (Å²) in [6.07, 6.45) is 12.7. The van der Waals surface area contributed by atoms with Crippen LogP contribution >= 0.6 is 0 Å². The summed E-state index contributed by atoms with van der Waals surface area (Å²) >= 11 is 0. The van der Waals surface area contributed by atoms with Crippen molar-refractivity contribution in [1.29, 1.82) is 0 Å². The minimum Gasteiger partial charge on any atom is -0.550 e. The number of fused-ring (bicyclic) bond motifs is 5. The van der Waals surface area contributed by atoms with E-state index in [9.17, 15) is 15.0 Å². The number of carbonyl (C=O) groups excluding carboxylic acids is 1. The molecule has 27 heavy (non-hydrogen) atoms. The highest BCUT2D eigenvalue weighted by molar-refractivity contribution is 5.64. The van der Waals surface area contributed by atoms with E-state index >= 15 is 0 Å². The molecule has 0 saturated heterocycles. The van der Waals surface area contributed by atoms with E-state index in [-0.39, 0.29) is 12.5 Å². The molecule has 0 spiro atoms. The lowest BCUT2D eigenvalue weighted by molar-refractivity contribution is -0.306. The number of aliphatic hydroxyl groups is 1. The number of allylic oxidation sites excluding steroid dienone is 1. The number of carbonyl (C=O) groups is 1. The van der Waals surface area contributed by atoms with Crippen LogP contribution in [0.2, 0.25) is 0 Å². The van der Waals surface area contributed by atoms with Gasteiger partial charge in [-0.25, -0.2) is 0 Å². The van der Waals surface area contributed by atoms with Crippen LogP contribution in [0.1, 0.15) is 85.0 Å². The average molecular weight is 374 g/mol. The number of hydrogen-bond donors (Lipinski definition) is 1. The quantitative estimate of drug-likeness (QED) is 0.755. The largest absolute Gasteiger partial charge is 0.550 e. The molecule has 152 valence electrons. The van der Waals surface area contributed by atoms with Gasteiger partial charge in [-0.15, -0.1) is 0 Å². The summed E-state index contributed by atoms with van der Waals surface area (Å²) in [6, 6.07) is 0. The van der Waals surface area contributed by atoms with Crippen molar-refractivity contribution in [3.63, 3.8) is 0 Å². The molecular weight excluding hydrogens is 336 g/mol. The van der Waals surface area contributed by atoms with Gasteiger partial charge in [0.15, 0.2) is 0 Å². The summed E-state index contributed by atoms with van der Waals surface area (Å²) in [6.45, 7) is 7.28. The van der Waals surface area contributed by atoms with Crippen LogP contribution in [0, 0.1) is 40.4 Å². The monoisotopic (exact) mass is 373 g/mol. The molecule has 3 nitrogen and oxygen atoms in total. The molecule has 0 unspecified atom stereocenters. The van der Waals surface area contributed by atoms with Crippen molar-refractivity contribution in [1.82, 2.24) is 0 Å². The fourth-order valence-corrected chi connectivity index (χ4v) is 8.16. The predicted octanol–water partition coefficient (Wildman–Crippen LogP) is 4.09. The van der Waals surface area contributed by atoms with Gasteiger partial charge in [0.05, 0.1) is 6.10 Å². The molecule has 4 rings (SSSR count). The number of carboxylic acid groups (broad SMARTS) is 1. The number of aliphatic carboxylic acids is 1. The third kappa shape index (κ3) is 3.09. The van der Waals surface area contributed by atoms with Crippen LogP contribution in [0.4, 0.5) is 0 Å². The lowest BCUT2D eigenvalue weighted by atomic mass is 9.47. The molecular formula is C24H37O3-. The van der Waals surface area contributed by atoms with Gasteiger partial charge in [0.2, 0.25) is 0 Å². The summed E-state index contributed by atoms with van der Waals surface area (Å²) in [4.78, 5) is 10.9. The molecule has 3 heteroatoms. The van der Waals surface area contributed by atoms with Gasteiger partial charge in [0.25, 0.3) is 0 Å². The molecule has 0 aliphatic heterocycles. The van der Waals surface area contributed by atoms with E-state index in [2.05, 4.69) is 26.8 Å². The molecule has 4 aliphatic carbocycles. The van der Waals surface area contributed by atoms with Gasteiger partial charge in [0.1, 0.15) is 0 Å². The van der Waals surface area contributed by atoms with Crippen molar-refractivity contribution in [3.8, 4) is 0 Å². The molecule has 3 saturated carbocycles. The van der Waals surface area contributed by atoms with Gasteiger partial charge < -0.3 is 15.0 Å². The molecule has 4 aliphatic rings. The topological polar surface area (TPSA) is 60.4 Å². The van der Waals surface area contributed by atoms with Crippen LogP contribution < -0.4 is 5.11 Å². The van der Waals surface area contributed by atoms with Crippen LogP contribution in [0.5, 0.6) is 0 Å². The molecule has 0 radical (unpaired) electrons. The lowest BCUT2D eigenvalue weighted by Gasteiger charge is -2.58. The van der Waals surface area contributed by atoms with E-state index < -0.39 is 5.97 Å². The highest BCUT2D eigenvalue weighted by Gasteiger charge is 2.59. The standard InChI is InChI=1S/C24H38O3/c1-15(4-9-22(26)27)19-7-8-20-18-6-5-16-14-17(25)10-12-23(16,2)21(18)11-13-24(19,20)3/h5,15,17-21,25H,4,6-14H2,1-3H3,(H,26,27)/p-1/t15-,17+,18-,19-,20+,21-,23+,24-/m1/s1. The predicted molar refractivity (Wildman–Crippen MR) is 105 cm³/mol. The Balaban J connectivity index is 1.54. The van der Waals surface area contributed by atoms with E-state index in [0.29, 0.717) is 22.7 Å². The second kappa shape index (κ2) is 6.90. The van der Waals surface area contributed by atoms with Crippen LogP contribution in [-0.4, -0.2) is 17.2 Å². The number of hydrogen-bond acceptors (Lipinski definition) is 3. The highest BCUT2D eigenvalue weighted by atomic mass is 16.4. The smallest absolute Gasteiger partial charge is 0.0577 e. The molecule has 0 aromatic heterocycles. The summed E-state index contributed by atoms with van der Waals surface area (Å²) in [5.41, 5.74) is 2.23. The minimum absolute atomic E-state index is 0.129. The number of rotatable bonds is 4. The van der Waals surface area contributed by atoms with E-state index in [0.717, 1.165) is 43.4 Å². The Morgan fingerprint density at radius 3 is 2.74 bits per heavy atom. The summed E-state index contributed by atoms with van der Waals surface area (Å²) < 4.78 is 0. The van der Waals surface area contributed by atoms with Gasteiger partial charge in [0, 0.05) is 5.97 Å². The number of carboxylic acids is 1. The SMILES string of the molecule is C[C@H](CCC(=O)[O-])[C@H]1CC[C@H]2[C@H]3CC=C4C[C@@H](O)CC[C@]4(C)[C@@H]3CC[C@]12C. The summed E-state index contributed by atoms with van der Waals surface area (Å²) in [5, 5.41) is 21.1. The zero-order valence-corrected chi connectivity index (χ0v) is 17.4. The molecule has 0 aromatic carbocycles. The van der Waals surface area contributed by atoms with Crippen molar-refractivity contribution in [2.24, 2.45) is 40.4 Å². The molecule has 1 N–H and O–H groups in total. The number of aliphatic hydroxyl groups excluding tert-OH is 1. The molecule has 0 bridgehead atoms. The van der Waals surface area contributed by atoms with Crippen molar-refractivity contribution in [2.45, 2.75) is 91.1 Å². The maximum Gasteiger partial charge on any atom is 0.0577 e. The summed E-state index contributed by atoms with van der Waals surface area (Å²) in [5.74, 6) is 2.58. The molecule has 0 heterocycles. The van der Waals surface area contributed by atoms with Gasteiger partial charge in [-0.3, -0.25) is 0 Å². The van der Waals surface area contributed by atoms with Crippen LogP contribution in [-0.2, 0) is 4.79 Å². The van der Waals surface area contributed by atoms with E-state index in [4.69, 9.17) is 0 Å². The van der Waals surface area contributed by atoms with Crippen LogP contribution in [0.3, 0.4) is 0 Å². The van der Waals surface area contributed by atoms with Crippen molar-refractivity contribution in [3.05, 3.63) is 11.6 Å². The maximum absolute atomic E-state index is 10.9. The Bertz CT molecular complexity index is 625. The Morgan fingerprint density at radius 1 is 1.22 bits per heavy atom. The van der Waals surface area contributed by atoms with Crippen molar-refractivity contribution < 1.29 is 15.0 Å². The third-order valence-electron chi connectivity index (χ3n) is 9.64. The van der Waals surface area contributed by atoms with Gasteiger partial charge in [-0.1, -0.05) is 32.4 Å². The third-order valence-corrected chi connectivity index (χ3v) is 9.64. The van der Waals surface area contributed by atoms with Crippen molar-refractivity contribution >= 4 is 5.97 Å². The van der Waals surface area contributed by atoms with E-state index in [1.54, 1.807) is 5.57 Å². The fourth-order valence-electron chi connectivity index (χ4n) is 8.16. The second-order valence-electron chi connectivity index (χ2n) is 10.8. The molecule has 8 atom stereocenters. The normalized spacial score (nSPS) is 47.4. The molecule has 3 fully saturated rings. The van der Waals surface area contributed by atoms with Crippen molar-refractivity contribution in [2.75, 3.05) is 0 Å². The van der Waals surface area contributed by atoms with Gasteiger partial charge in [-0.2, -0.15) is 0 Å². The Hall–Kier alpha value is -0.830. The van der Waals surface area contributed by atoms with Gasteiger partial charge in [-0.05, 0) is 105 Å². The first-order chi connectivity index (χ1) is 12.8. The van der Waals surface area contributed by atoms with E-state index in [1.165, 1.54) is 32.1 Å². The second-order valence-corrected chi connectivity index (χ2v) is 10.8. The van der Waals surface area contributed by atoms with E-state index in [1.807, 2.05) is 0 Å². The first-order valence-electron chi connectivity index (χ1n) is 11.3. The van der Waals surface area contributed by atoms with Gasteiger partial charge >= 0.3 is 0 Å². The van der Waals surface area contributed by atoms with Crippen LogP contribution in [0.25, 0.3) is 0 Å². The minimum atomic E-state index is -0.900. The zero-order valence-electron chi connectivity index (χ0n) is 17.4. The first kappa shape index (κ1) is 19.5. The highest BCUT2D eigenvalue weighted by Crippen LogP contribution is 2.67. The first-order valence-corrected chi connectivity index (χ1v) is 11.3. The molecule has 0 amide bonds. The molecule has 0 aromatic rings. The Labute approximate surface area is 164 Å². The maximum atomic E-state index is 10.9. The fraction of sp³-hybridized carbons (Fsp3) is 0.875.